The predicted octanol–water partition coefficient (Wildman–Crippen LogP) is 2.45. The summed E-state index contributed by atoms with van der Waals surface area (Å²) in [5.74, 6) is -1.38. The van der Waals surface area contributed by atoms with E-state index in [9.17, 15) is 14.4 Å². The molecule has 0 saturated heterocycles. The van der Waals surface area contributed by atoms with Crippen LogP contribution in [0.3, 0.4) is 0 Å². The number of rotatable bonds is 8. The normalized spacial score (nSPS) is 10.5. The smallest absolute Gasteiger partial charge is 0.337 e. The van der Waals surface area contributed by atoms with Crippen molar-refractivity contribution in [3.63, 3.8) is 0 Å². The molecule has 0 unspecified atom stereocenters. The molecular weight excluding hydrogens is 354 g/mol. The maximum absolute atomic E-state index is 11.6. The number of carbonyl (C=O) groups excluding carboxylic acids is 3. The van der Waals surface area contributed by atoms with E-state index in [1.165, 1.54) is 24.1 Å². The third kappa shape index (κ3) is 6.52. The van der Waals surface area contributed by atoms with Crippen LogP contribution in [-0.4, -0.2) is 38.1 Å². The number of amides is 1. The molecule has 0 radical (unpaired) electrons. The van der Waals surface area contributed by atoms with Crippen LogP contribution in [0.2, 0.25) is 0 Å². The largest absolute Gasteiger partial charge is 0.465 e. The van der Waals surface area contributed by atoms with Crippen molar-refractivity contribution < 1.29 is 23.9 Å². The van der Waals surface area contributed by atoms with Gasteiger partial charge >= 0.3 is 11.9 Å². The highest BCUT2D eigenvalue weighted by Gasteiger charge is 2.06. The van der Waals surface area contributed by atoms with E-state index < -0.39 is 11.9 Å². The highest BCUT2D eigenvalue weighted by molar-refractivity contribution is 7.09. The summed E-state index contributed by atoms with van der Waals surface area (Å²) in [5.41, 5.74) is 1.14. The van der Waals surface area contributed by atoms with Gasteiger partial charge < -0.3 is 14.8 Å². The van der Waals surface area contributed by atoms with Crippen molar-refractivity contribution in [2.45, 2.75) is 6.42 Å². The Bertz CT molecular complexity index is 766. The lowest BCUT2D eigenvalue weighted by Crippen LogP contribution is -2.30. The zero-order valence-electron chi connectivity index (χ0n) is 14.3. The van der Waals surface area contributed by atoms with Gasteiger partial charge in [-0.2, -0.15) is 0 Å². The Morgan fingerprint density at radius 3 is 2.58 bits per heavy atom. The molecule has 0 saturated carbocycles. The molecule has 0 aliphatic heterocycles. The third-order valence-corrected chi connectivity index (χ3v) is 4.30. The minimum absolute atomic E-state index is 0.325. The molecule has 0 aliphatic carbocycles. The molecule has 1 heterocycles. The van der Waals surface area contributed by atoms with Gasteiger partial charge in [0.15, 0.2) is 6.61 Å². The first kappa shape index (κ1) is 19.4. The molecule has 136 valence electrons. The van der Waals surface area contributed by atoms with Gasteiger partial charge in [-0.3, -0.25) is 4.79 Å². The summed E-state index contributed by atoms with van der Waals surface area (Å²) in [6.45, 7) is 0.175. The van der Waals surface area contributed by atoms with Gasteiger partial charge in [0.2, 0.25) is 0 Å². The predicted molar refractivity (Wildman–Crippen MR) is 98.8 cm³/mol. The molecule has 6 nitrogen and oxygen atoms in total. The number of hydrogen-bond acceptors (Lipinski definition) is 6. The van der Waals surface area contributed by atoms with E-state index in [0.29, 0.717) is 12.1 Å². The second-order valence-electron chi connectivity index (χ2n) is 5.23. The molecule has 0 aliphatic rings. The Hall–Kier alpha value is -2.93. The second kappa shape index (κ2) is 10.1. The molecule has 1 aromatic carbocycles. The van der Waals surface area contributed by atoms with Gasteiger partial charge in [-0.1, -0.05) is 18.2 Å². The maximum Gasteiger partial charge on any atom is 0.337 e. The van der Waals surface area contributed by atoms with Crippen molar-refractivity contribution >= 4 is 35.3 Å². The number of hydrogen-bond donors (Lipinski definition) is 1. The number of benzene rings is 1. The summed E-state index contributed by atoms with van der Waals surface area (Å²) in [4.78, 5) is 35.8. The molecule has 0 atom stereocenters. The van der Waals surface area contributed by atoms with Crippen LogP contribution in [-0.2, 0) is 25.5 Å². The van der Waals surface area contributed by atoms with Crippen LogP contribution in [0.4, 0.5) is 0 Å². The van der Waals surface area contributed by atoms with Gasteiger partial charge in [-0.05, 0) is 41.6 Å². The first-order valence-electron chi connectivity index (χ1n) is 7.91. The standard InChI is InChI=1S/C19H19NO5S/c1-24-19(23)15-7-4-14(5-8-15)6-9-18(22)25-13-17(21)20-11-10-16-3-2-12-26-16/h2-9,12H,10-11,13H2,1H3,(H,20,21)/b9-6+. The van der Waals surface area contributed by atoms with E-state index in [2.05, 4.69) is 10.1 Å². The van der Waals surface area contributed by atoms with E-state index in [4.69, 9.17) is 4.74 Å². The van der Waals surface area contributed by atoms with Crippen LogP contribution < -0.4 is 5.32 Å². The first-order valence-corrected chi connectivity index (χ1v) is 8.79. The highest BCUT2D eigenvalue weighted by Crippen LogP contribution is 2.08. The van der Waals surface area contributed by atoms with Gasteiger partial charge in [0.25, 0.3) is 5.91 Å². The minimum Gasteiger partial charge on any atom is -0.465 e. The lowest BCUT2D eigenvalue weighted by atomic mass is 10.1. The quantitative estimate of drug-likeness (QED) is 0.568. The Morgan fingerprint density at radius 2 is 1.92 bits per heavy atom. The fourth-order valence-corrected chi connectivity index (χ4v) is 2.74. The van der Waals surface area contributed by atoms with Gasteiger partial charge in [0.1, 0.15) is 0 Å². The molecule has 1 aromatic heterocycles. The Labute approximate surface area is 155 Å². The summed E-state index contributed by atoms with van der Waals surface area (Å²) in [7, 11) is 1.31. The zero-order valence-corrected chi connectivity index (χ0v) is 15.1. The molecule has 2 rings (SSSR count). The van der Waals surface area contributed by atoms with Crippen molar-refractivity contribution in [1.82, 2.24) is 5.32 Å². The molecule has 1 N–H and O–H groups in total. The monoisotopic (exact) mass is 373 g/mol. The molecule has 1 amide bonds. The number of carbonyl (C=O) groups is 3. The van der Waals surface area contributed by atoms with Crippen LogP contribution in [0, 0.1) is 0 Å². The number of methoxy groups -OCH3 is 1. The topological polar surface area (TPSA) is 81.7 Å². The molecule has 2 aromatic rings. The molecule has 7 heteroatoms. The Morgan fingerprint density at radius 1 is 1.15 bits per heavy atom. The Balaban J connectivity index is 1.69. The maximum atomic E-state index is 11.6. The molecule has 0 bridgehead atoms. The van der Waals surface area contributed by atoms with E-state index in [1.54, 1.807) is 35.6 Å². The lowest BCUT2D eigenvalue weighted by molar-refractivity contribution is -0.143. The third-order valence-electron chi connectivity index (χ3n) is 3.36. The number of nitrogens with one attached hydrogen (secondary N) is 1. The van der Waals surface area contributed by atoms with Crippen molar-refractivity contribution in [2.75, 3.05) is 20.3 Å². The van der Waals surface area contributed by atoms with E-state index in [0.717, 1.165) is 12.0 Å². The van der Waals surface area contributed by atoms with Gasteiger partial charge in [0.05, 0.1) is 12.7 Å². The Kier molecular flexibility index (Phi) is 7.57. The summed E-state index contributed by atoms with van der Waals surface area (Å²) in [6, 6.07) is 10.5. The van der Waals surface area contributed by atoms with Gasteiger partial charge in [0, 0.05) is 17.5 Å². The van der Waals surface area contributed by atoms with E-state index >= 15 is 0 Å². The lowest BCUT2D eigenvalue weighted by Gasteiger charge is -2.04. The zero-order chi connectivity index (χ0) is 18.8. The molecule has 0 spiro atoms. The first-order chi connectivity index (χ1) is 12.6. The fraction of sp³-hybridized carbons (Fsp3) is 0.211. The summed E-state index contributed by atoms with van der Waals surface area (Å²) < 4.78 is 9.49. The van der Waals surface area contributed by atoms with Crippen LogP contribution in [0.25, 0.3) is 6.08 Å². The number of thiophene rings is 1. The summed E-state index contributed by atoms with van der Waals surface area (Å²) in [6.07, 6.45) is 3.52. The molecule has 0 fully saturated rings. The summed E-state index contributed by atoms with van der Waals surface area (Å²) >= 11 is 1.63. The second-order valence-corrected chi connectivity index (χ2v) is 6.27. The van der Waals surface area contributed by atoms with Gasteiger partial charge in [-0.25, -0.2) is 9.59 Å². The average molecular weight is 373 g/mol. The number of ether oxygens (including phenoxy) is 2. The van der Waals surface area contributed by atoms with Gasteiger partial charge in [-0.15, -0.1) is 11.3 Å². The SMILES string of the molecule is COC(=O)c1ccc(/C=C/C(=O)OCC(=O)NCCc2cccs2)cc1. The average Bonchev–Trinajstić information content (AvgIpc) is 3.18. The van der Waals surface area contributed by atoms with Crippen molar-refractivity contribution in [3.05, 3.63) is 63.9 Å². The fourth-order valence-electron chi connectivity index (χ4n) is 2.03. The van der Waals surface area contributed by atoms with Crippen LogP contribution in [0.15, 0.2) is 47.9 Å². The number of esters is 2. The van der Waals surface area contributed by atoms with Crippen molar-refractivity contribution in [2.24, 2.45) is 0 Å². The van der Waals surface area contributed by atoms with Crippen molar-refractivity contribution in [3.8, 4) is 0 Å². The van der Waals surface area contributed by atoms with Crippen molar-refractivity contribution in [1.29, 1.82) is 0 Å². The summed E-state index contributed by atoms with van der Waals surface area (Å²) in [5, 5.41) is 4.68. The molecule has 26 heavy (non-hydrogen) atoms. The molecular formula is C19H19NO5S. The van der Waals surface area contributed by atoms with Crippen LogP contribution in [0.5, 0.6) is 0 Å². The van der Waals surface area contributed by atoms with E-state index in [-0.39, 0.29) is 12.5 Å². The van der Waals surface area contributed by atoms with Crippen LogP contribution >= 0.6 is 11.3 Å². The van der Waals surface area contributed by atoms with E-state index in [1.807, 2.05) is 17.5 Å². The highest BCUT2D eigenvalue weighted by atomic mass is 32.1. The van der Waals surface area contributed by atoms with Crippen LogP contribution in [0.1, 0.15) is 20.8 Å². The minimum atomic E-state index is -0.615.